The molecular formula is C16H10FN3O3S. The highest BCUT2D eigenvalue weighted by molar-refractivity contribution is 7.20. The van der Waals surface area contributed by atoms with Crippen LogP contribution in [0, 0.1) is 15.9 Å². The first kappa shape index (κ1) is 15.8. The molecule has 0 aliphatic heterocycles. The van der Waals surface area contributed by atoms with Gasteiger partial charge in [0, 0.05) is 27.8 Å². The maximum atomic E-state index is 13.4. The van der Waals surface area contributed by atoms with E-state index in [1.807, 2.05) is 0 Å². The Balaban J connectivity index is 1.76. The molecule has 3 aromatic rings. The molecule has 0 bridgehead atoms. The van der Waals surface area contributed by atoms with Crippen molar-refractivity contribution in [2.75, 3.05) is 0 Å². The fourth-order valence-electron chi connectivity index (χ4n) is 2.05. The van der Waals surface area contributed by atoms with Crippen LogP contribution in [0.25, 0.3) is 10.1 Å². The van der Waals surface area contributed by atoms with E-state index in [9.17, 15) is 19.3 Å². The number of nitrogens with zero attached hydrogens (tertiary/aromatic N) is 2. The number of carbonyl (C=O) groups is 1. The summed E-state index contributed by atoms with van der Waals surface area (Å²) in [6.07, 6.45) is 1.21. The minimum Gasteiger partial charge on any atom is -0.266 e. The first-order valence-electron chi connectivity index (χ1n) is 6.80. The Labute approximate surface area is 139 Å². The molecule has 0 fully saturated rings. The lowest BCUT2D eigenvalue weighted by Crippen LogP contribution is -2.16. The summed E-state index contributed by atoms with van der Waals surface area (Å²) in [5.74, 6) is -0.906. The third-order valence-electron chi connectivity index (χ3n) is 3.21. The number of nitro groups is 1. The number of hydrazone groups is 1. The molecule has 0 saturated carbocycles. The molecule has 0 unspecified atom stereocenters. The Morgan fingerprint density at radius 3 is 2.79 bits per heavy atom. The number of benzene rings is 2. The van der Waals surface area contributed by atoms with Crippen LogP contribution in [-0.2, 0) is 0 Å². The summed E-state index contributed by atoms with van der Waals surface area (Å²) in [6, 6.07) is 12.0. The van der Waals surface area contributed by atoms with Crippen molar-refractivity contribution >= 4 is 39.2 Å². The number of hydrogen-bond donors (Lipinski definition) is 1. The van der Waals surface area contributed by atoms with E-state index < -0.39 is 16.6 Å². The van der Waals surface area contributed by atoms with Gasteiger partial charge in [-0.25, -0.2) is 9.82 Å². The molecule has 0 aliphatic rings. The fraction of sp³-hybridized carbons (Fsp3) is 0. The average molecular weight is 343 g/mol. The second-order valence-electron chi connectivity index (χ2n) is 4.81. The van der Waals surface area contributed by atoms with Gasteiger partial charge < -0.3 is 0 Å². The largest absolute Gasteiger partial charge is 0.281 e. The number of fused-ring (bicyclic) bond motifs is 1. The number of non-ortho nitro benzene ring substituents is 1. The summed E-state index contributed by atoms with van der Waals surface area (Å²) in [4.78, 5) is 22.7. The van der Waals surface area contributed by atoms with Crippen molar-refractivity contribution in [1.82, 2.24) is 5.43 Å². The molecule has 8 heteroatoms. The number of carbonyl (C=O) groups excluding carboxylic acids is 1. The van der Waals surface area contributed by atoms with Gasteiger partial charge in [0.25, 0.3) is 11.6 Å². The predicted molar refractivity (Wildman–Crippen MR) is 89.9 cm³/mol. The van der Waals surface area contributed by atoms with Crippen molar-refractivity contribution in [2.45, 2.75) is 0 Å². The van der Waals surface area contributed by atoms with E-state index in [-0.39, 0.29) is 11.3 Å². The Hall–Kier alpha value is -3.13. The first-order chi connectivity index (χ1) is 11.5. The Bertz CT molecular complexity index is 968. The second-order valence-corrected chi connectivity index (χ2v) is 5.89. The first-order valence-corrected chi connectivity index (χ1v) is 7.62. The number of nitrogens with one attached hydrogen (secondary N) is 1. The molecule has 1 N–H and O–H groups in total. The summed E-state index contributed by atoms with van der Waals surface area (Å²) in [5.41, 5.74) is 2.53. The van der Waals surface area contributed by atoms with Crippen LogP contribution >= 0.6 is 11.3 Å². The van der Waals surface area contributed by atoms with Crippen molar-refractivity contribution in [2.24, 2.45) is 5.10 Å². The van der Waals surface area contributed by atoms with Gasteiger partial charge in [0.1, 0.15) is 5.82 Å². The zero-order valence-corrected chi connectivity index (χ0v) is 12.9. The lowest BCUT2D eigenvalue weighted by atomic mass is 10.2. The van der Waals surface area contributed by atoms with Crippen molar-refractivity contribution in [3.05, 3.63) is 74.9 Å². The lowest BCUT2D eigenvalue weighted by Gasteiger charge is -1.96. The lowest BCUT2D eigenvalue weighted by molar-refractivity contribution is -0.384. The number of thiophene rings is 1. The van der Waals surface area contributed by atoms with Crippen LogP contribution in [0.1, 0.15) is 15.2 Å². The number of rotatable bonds is 4. The quantitative estimate of drug-likeness (QED) is 0.445. The molecule has 1 aromatic heterocycles. The van der Waals surface area contributed by atoms with Crippen LogP contribution in [0.2, 0.25) is 0 Å². The van der Waals surface area contributed by atoms with Crippen LogP contribution in [0.5, 0.6) is 0 Å². The molecule has 0 atom stereocenters. The molecular weight excluding hydrogens is 333 g/mol. The topological polar surface area (TPSA) is 84.6 Å². The van der Waals surface area contributed by atoms with Gasteiger partial charge in [0.15, 0.2) is 0 Å². The molecule has 0 aliphatic carbocycles. The van der Waals surface area contributed by atoms with E-state index in [1.54, 1.807) is 24.3 Å². The van der Waals surface area contributed by atoms with Gasteiger partial charge in [-0.1, -0.05) is 18.2 Å². The van der Waals surface area contributed by atoms with Crippen LogP contribution < -0.4 is 5.43 Å². The molecule has 3 rings (SSSR count). The Morgan fingerprint density at radius 2 is 2.04 bits per heavy atom. The molecule has 0 radical (unpaired) electrons. The molecule has 2 aromatic carbocycles. The molecule has 1 heterocycles. The number of hydrogen-bond acceptors (Lipinski definition) is 5. The van der Waals surface area contributed by atoms with Gasteiger partial charge in [0.05, 0.1) is 16.0 Å². The van der Waals surface area contributed by atoms with E-state index >= 15 is 0 Å². The van der Waals surface area contributed by atoms with E-state index in [0.717, 1.165) is 4.70 Å². The predicted octanol–water partition coefficient (Wildman–Crippen LogP) is 3.71. The van der Waals surface area contributed by atoms with Crippen molar-refractivity contribution in [3.63, 3.8) is 0 Å². The highest BCUT2D eigenvalue weighted by atomic mass is 32.1. The van der Waals surface area contributed by atoms with Crippen molar-refractivity contribution in [3.8, 4) is 0 Å². The summed E-state index contributed by atoms with van der Waals surface area (Å²) in [5, 5.41) is 15.1. The molecule has 0 saturated heterocycles. The minimum atomic E-state index is -0.491. The molecule has 120 valence electrons. The van der Waals surface area contributed by atoms with Crippen molar-refractivity contribution in [1.29, 1.82) is 0 Å². The van der Waals surface area contributed by atoms with E-state index in [1.165, 1.54) is 41.8 Å². The summed E-state index contributed by atoms with van der Waals surface area (Å²) in [7, 11) is 0. The van der Waals surface area contributed by atoms with Gasteiger partial charge in [-0.3, -0.25) is 14.9 Å². The third kappa shape index (κ3) is 3.28. The number of amides is 1. The Morgan fingerprint density at radius 1 is 1.25 bits per heavy atom. The fourth-order valence-corrected chi connectivity index (χ4v) is 2.98. The molecule has 1 amide bonds. The SMILES string of the molecule is O=C(NN=Cc1ccccc1F)c1cc2cc([N+](=O)[O-])ccc2s1. The second kappa shape index (κ2) is 6.55. The van der Waals surface area contributed by atoms with Gasteiger partial charge in [-0.15, -0.1) is 11.3 Å². The zero-order chi connectivity index (χ0) is 17.1. The maximum Gasteiger partial charge on any atom is 0.281 e. The average Bonchev–Trinajstić information content (AvgIpc) is 2.99. The van der Waals surface area contributed by atoms with Crippen LogP contribution in [0.3, 0.4) is 0 Å². The van der Waals surface area contributed by atoms with E-state index in [0.29, 0.717) is 10.3 Å². The van der Waals surface area contributed by atoms with Crippen LogP contribution in [0.4, 0.5) is 10.1 Å². The van der Waals surface area contributed by atoms with Gasteiger partial charge >= 0.3 is 0 Å². The van der Waals surface area contributed by atoms with Gasteiger partial charge in [-0.2, -0.15) is 5.10 Å². The van der Waals surface area contributed by atoms with Gasteiger partial charge in [-0.05, 0) is 18.2 Å². The van der Waals surface area contributed by atoms with Crippen molar-refractivity contribution < 1.29 is 14.1 Å². The van der Waals surface area contributed by atoms with Crippen LogP contribution in [0.15, 0.2) is 53.6 Å². The summed E-state index contributed by atoms with van der Waals surface area (Å²) >= 11 is 1.19. The Kier molecular flexibility index (Phi) is 4.30. The number of halogens is 1. The minimum absolute atomic E-state index is 0.0372. The highest BCUT2D eigenvalue weighted by Gasteiger charge is 2.12. The van der Waals surface area contributed by atoms with Crippen LogP contribution in [-0.4, -0.2) is 17.0 Å². The van der Waals surface area contributed by atoms with Gasteiger partial charge in [0.2, 0.25) is 0 Å². The van der Waals surface area contributed by atoms with E-state index in [4.69, 9.17) is 0 Å². The molecule has 6 nitrogen and oxygen atoms in total. The number of nitro benzene ring substituents is 1. The van der Waals surface area contributed by atoms with E-state index in [2.05, 4.69) is 10.5 Å². The normalized spacial score (nSPS) is 11.0. The highest BCUT2D eigenvalue weighted by Crippen LogP contribution is 2.28. The summed E-state index contributed by atoms with van der Waals surface area (Å²) < 4.78 is 14.2. The standard InChI is InChI=1S/C16H10FN3O3S/c17-13-4-2-1-3-10(13)9-18-19-16(21)15-8-11-7-12(20(22)23)5-6-14(11)24-15/h1-9H,(H,19,21). The maximum absolute atomic E-state index is 13.4. The molecule has 0 spiro atoms. The zero-order valence-electron chi connectivity index (χ0n) is 12.1. The molecule has 24 heavy (non-hydrogen) atoms. The summed E-state index contributed by atoms with van der Waals surface area (Å²) in [6.45, 7) is 0. The third-order valence-corrected chi connectivity index (χ3v) is 4.32. The monoisotopic (exact) mass is 343 g/mol. The smallest absolute Gasteiger partial charge is 0.266 e.